The number of aryl methyl sites for hydroxylation is 2. The molecule has 8 nitrogen and oxygen atoms in total. The average molecular weight is 334 g/mol. The van der Waals surface area contributed by atoms with Gasteiger partial charge in [0.1, 0.15) is 17.7 Å². The lowest BCUT2D eigenvalue weighted by molar-refractivity contribution is -0.121. The number of carbonyl (C=O) groups is 1. The van der Waals surface area contributed by atoms with Crippen molar-refractivity contribution in [2.24, 2.45) is 7.05 Å². The molecule has 0 aliphatic rings. The number of nitrogens with one attached hydrogen (secondary N) is 1. The third-order valence-corrected chi connectivity index (χ3v) is 3.65. The van der Waals surface area contributed by atoms with E-state index in [4.69, 9.17) is 4.74 Å². The Balaban J connectivity index is 2.69. The minimum absolute atomic E-state index is 0.210. The Kier molecular flexibility index (Phi) is 5.38. The number of nitrogens with zero attached hydrogens (tertiary/aromatic N) is 3. The zero-order chi connectivity index (χ0) is 17.9. The number of ether oxygens (including phenoxy) is 1. The number of rotatable bonds is 6. The van der Waals surface area contributed by atoms with Gasteiger partial charge in [0.05, 0.1) is 6.61 Å². The van der Waals surface area contributed by atoms with Gasteiger partial charge in [0.25, 0.3) is 5.56 Å². The van der Waals surface area contributed by atoms with E-state index in [0.717, 1.165) is 11.0 Å². The maximum atomic E-state index is 12.8. The van der Waals surface area contributed by atoms with Gasteiger partial charge in [-0.15, -0.1) is 0 Å². The van der Waals surface area contributed by atoms with E-state index in [0.29, 0.717) is 24.5 Å². The molecule has 0 aliphatic carbocycles. The topological polar surface area (TPSA) is 95.2 Å². The number of hydrogen-bond donors (Lipinski definition) is 1. The summed E-state index contributed by atoms with van der Waals surface area (Å²) >= 11 is 0. The van der Waals surface area contributed by atoms with Gasteiger partial charge in [-0.3, -0.25) is 14.2 Å². The summed E-state index contributed by atoms with van der Waals surface area (Å²) < 4.78 is 7.75. The monoisotopic (exact) mass is 334 g/mol. The van der Waals surface area contributed by atoms with Crippen molar-refractivity contribution in [2.45, 2.75) is 33.7 Å². The Labute approximate surface area is 139 Å². The molecule has 2 aromatic heterocycles. The second kappa shape index (κ2) is 7.29. The molecule has 0 bridgehead atoms. The van der Waals surface area contributed by atoms with Crippen LogP contribution in [0.1, 0.15) is 25.8 Å². The lowest BCUT2D eigenvalue weighted by Gasteiger charge is -2.14. The van der Waals surface area contributed by atoms with Crippen LogP contribution in [0.15, 0.2) is 15.8 Å². The highest BCUT2D eigenvalue weighted by molar-refractivity contribution is 5.83. The summed E-state index contributed by atoms with van der Waals surface area (Å²) in [6.07, 6.45) is 2.33. The summed E-state index contributed by atoms with van der Waals surface area (Å²) in [6, 6.07) is 0. The molecule has 130 valence electrons. The highest BCUT2D eigenvalue weighted by atomic mass is 16.5. The van der Waals surface area contributed by atoms with E-state index in [1.165, 1.54) is 11.6 Å². The van der Waals surface area contributed by atoms with Gasteiger partial charge in [-0.25, -0.2) is 14.3 Å². The molecule has 0 aliphatic heterocycles. The molecule has 1 amide bonds. The van der Waals surface area contributed by atoms with Crippen LogP contribution in [0.5, 0.6) is 5.75 Å². The molecule has 0 radical (unpaired) electrons. The van der Waals surface area contributed by atoms with Gasteiger partial charge < -0.3 is 10.1 Å². The van der Waals surface area contributed by atoms with Crippen LogP contribution >= 0.6 is 0 Å². The zero-order valence-electron chi connectivity index (χ0n) is 14.4. The molecule has 1 N–H and O–H groups in total. The maximum absolute atomic E-state index is 12.8. The van der Waals surface area contributed by atoms with Gasteiger partial charge in [-0.1, -0.05) is 6.92 Å². The first kappa shape index (κ1) is 17.7. The highest BCUT2D eigenvalue weighted by Gasteiger charge is 2.19. The second-order valence-corrected chi connectivity index (χ2v) is 5.48. The van der Waals surface area contributed by atoms with Crippen molar-refractivity contribution >= 4 is 16.9 Å². The van der Waals surface area contributed by atoms with Crippen molar-refractivity contribution in [1.82, 2.24) is 19.4 Å². The minimum atomic E-state index is -0.585. The molecule has 0 spiro atoms. The van der Waals surface area contributed by atoms with E-state index in [1.54, 1.807) is 13.1 Å². The van der Waals surface area contributed by atoms with E-state index >= 15 is 0 Å². The van der Waals surface area contributed by atoms with Gasteiger partial charge in [-0.2, -0.15) is 0 Å². The first-order valence-corrected chi connectivity index (χ1v) is 7.90. The summed E-state index contributed by atoms with van der Waals surface area (Å²) in [4.78, 5) is 41.4. The number of pyridine rings is 1. The lowest BCUT2D eigenvalue weighted by atomic mass is 10.2. The molecular weight excluding hydrogens is 312 g/mol. The molecule has 8 heteroatoms. The predicted molar refractivity (Wildman–Crippen MR) is 90.5 cm³/mol. The van der Waals surface area contributed by atoms with Crippen LogP contribution in [0.4, 0.5) is 0 Å². The largest absolute Gasteiger partial charge is 0.493 e. The van der Waals surface area contributed by atoms with Crippen LogP contribution in [-0.4, -0.2) is 33.2 Å². The van der Waals surface area contributed by atoms with E-state index in [2.05, 4.69) is 10.3 Å². The van der Waals surface area contributed by atoms with Crippen molar-refractivity contribution in [1.29, 1.82) is 0 Å². The molecular formula is C16H22N4O4. The van der Waals surface area contributed by atoms with Crippen LogP contribution < -0.4 is 21.3 Å². The van der Waals surface area contributed by atoms with Gasteiger partial charge in [-0.05, 0) is 20.3 Å². The summed E-state index contributed by atoms with van der Waals surface area (Å²) in [7, 11) is 1.52. The van der Waals surface area contributed by atoms with Crippen LogP contribution in [0, 0.1) is 6.92 Å². The number of aromatic nitrogens is 3. The molecule has 0 saturated carbocycles. The fourth-order valence-electron chi connectivity index (χ4n) is 2.45. The normalized spacial score (nSPS) is 10.8. The molecule has 24 heavy (non-hydrogen) atoms. The SMILES string of the molecule is CCCNC(=O)Cn1c(=O)c2c(OCC)c(C)cnc2n(C)c1=O. The smallest absolute Gasteiger partial charge is 0.332 e. The lowest BCUT2D eigenvalue weighted by Crippen LogP contribution is -2.43. The van der Waals surface area contributed by atoms with Crippen molar-refractivity contribution in [3.63, 3.8) is 0 Å². The van der Waals surface area contributed by atoms with Crippen LogP contribution in [0.25, 0.3) is 11.0 Å². The number of amides is 1. The fourth-order valence-corrected chi connectivity index (χ4v) is 2.45. The highest BCUT2D eigenvalue weighted by Crippen LogP contribution is 2.24. The molecule has 2 aromatic rings. The Bertz CT molecular complexity index is 882. The average Bonchev–Trinajstić information content (AvgIpc) is 2.56. The summed E-state index contributed by atoms with van der Waals surface area (Å²) in [5, 5.41) is 2.87. The number of hydrogen-bond acceptors (Lipinski definition) is 5. The molecule has 2 rings (SSSR count). The zero-order valence-corrected chi connectivity index (χ0v) is 14.4. The maximum Gasteiger partial charge on any atom is 0.332 e. The van der Waals surface area contributed by atoms with Crippen molar-refractivity contribution in [2.75, 3.05) is 13.2 Å². The first-order chi connectivity index (χ1) is 11.4. The molecule has 0 saturated heterocycles. The van der Waals surface area contributed by atoms with E-state index < -0.39 is 11.2 Å². The van der Waals surface area contributed by atoms with Crippen LogP contribution in [-0.2, 0) is 18.4 Å². The van der Waals surface area contributed by atoms with Gasteiger partial charge in [0, 0.05) is 25.4 Å². The molecule has 0 aromatic carbocycles. The molecule has 0 atom stereocenters. The van der Waals surface area contributed by atoms with E-state index in [-0.39, 0.29) is 23.5 Å². The van der Waals surface area contributed by atoms with E-state index in [1.807, 2.05) is 13.8 Å². The quantitative estimate of drug-likeness (QED) is 0.821. The summed E-state index contributed by atoms with van der Waals surface area (Å²) in [6.45, 7) is 6.04. The number of carbonyl (C=O) groups excluding carboxylic acids is 1. The third kappa shape index (κ3) is 3.17. The van der Waals surface area contributed by atoms with Crippen molar-refractivity contribution in [3.05, 3.63) is 32.6 Å². The van der Waals surface area contributed by atoms with Crippen molar-refractivity contribution in [3.8, 4) is 5.75 Å². The summed E-state index contributed by atoms with van der Waals surface area (Å²) in [5.74, 6) is 0.0137. The number of fused-ring (bicyclic) bond motifs is 1. The van der Waals surface area contributed by atoms with Crippen LogP contribution in [0.3, 0.4) is 0 Å². The van der Waals surface area contributed by atoms with Gasteiger partial charge >= 0.3 is 5.69 Å². The van der Waals surface area contributed by atoms with Gasteiger partial charge in [0.15, 0.2) is 5.65 Å². The standard InChI is InChI=1S/C16H22N4O4/c1-5-7-17-11(21)9-20-15(22)12-13(24-6-2)10(3)8-18-14(12)19(4)16(20)23/h8H,5-7,9H2,1-4H3,(H,17,21). The molecule has 0 fully saturated rings. The molecule has 2 heterocycles. The Morgan fingerprint density at radius 2 is 2.04 bits per heavy atom. The Morgan fingerprint density at radius 1 is 1.33 bits per heavy atom. The first-order valence-electron chi connectivity index (χ1n) is 7.90. The third-order valence-electron chi connectivity index (χ3n) is 3.65. The predicted octanol–water partition coefficient (Wildman–Crippen LogP) is 0.329. The Morgan fingerprint density at radius 3 is 2.67 bits per heavy atom. The minimum Gasteiger partial charge on any atom is -0.493 e. The van der Waals surface area contributed by atoms with E-state index in [9.17, 15) is 14.4 Å². The van der Waals surface area contributed by atoms with Crippen LogP contribution in [0.2, 0.25) is 0 Å². The second-order valence-electron chi connectivity index (χ2n) is 5.48. The van der Waals surface area contributed by atoms with Crippen molar-refractivity contribution < 1.29 is 9.53 Å². The molecule has 0 unspecified atom stereocenters. The summed E-state index contributed by atoms with van der Waals surface area (Å²) in [5.41, 5.74) is -0.219. The Hall–Kier alpha value is -2.64. The fraction of sp³-hybridized carbons (Fsp3) is 0.500. The van der Waals surface area contributed by atoms with Gasteiger partial charge in [0.2, 0.25) is 5.91 Å².